The molecule has 1 N–H and O–H groups in total. The minimum absolute atomic E-state index is 0.0609. The third kappa shape index (κ3) is 4.67. The van der Waals surface area contributed by atoms with Gasteiger partial charge in [0, 0.05) is 19.5 Å². The summed E-state index contributed by atoms with van der Waals surface area (Å²) < 4.78 is 32.6. The van der Waals surface area contributed by atoms with E-state index in [4.69, 9.17) is 4.74 Å². The number of carbonyl (C=O) groups excluding carboxylic acids is 1. The van der Waals surface area contributed by atoms with Gasteiger partial charge in [-0.2, -0.15) is 4.31 Å². The van der Waals surface area contributed by atoms with E-state index in [1.807, 2.05) is 0 Å². The normalized spacial score (nSPS) is 15.4. The van der Waals surface area contributed by atoms with Gasteiger partial charge in [0.15, 0.2) is 0 Å². The number of nitrogens with zero attached hydrogens (tertiary/aromatic N) is 1. The van der Waals surface area contributed by atoms with Crippen LogP contribution in [0.4, 0.5) is 0 Å². The molecule has 0 aliphatic heterocycles. The summed E-state index contributed by atoms with van der Waals surface area (Å²) in [5.74, 6) is 0.530. The Hall–Kier alpha value is -2.38. The van der Waals surface area contributed by atoms with Crippen LogP contribution < -0.4 is 10.1 Å². The van der Waals surface area contributed by atoms with Crippen molar-refractivity contribution in [2.45, 2.75) is 36.2 Å². The topological polar surface area (TPSA) is 75.7 Å². The highest BCUT2D eigenvalue weighted by molar-refractivity contribution is 7.89. The molecule has 1 saturated carbocycles. The second-order valence-electron chi connectivity index (χ2n) is 6.67. The zero-order chi connectivity index (χ0) is 19.4. The SMILES string of the molecule is COc1ccc([C@H](CC(=O)NC2CC2)N(C)S(=O)(=O)c2ccccc2)cc1. The van der Waals surface area contributed by atoms with E-state index < -0.39 is 16.1 Å². The first-order valence-electron chi connectivity index (χ1n) is 8.88. The van der Waals surface area contributed by atoms with E-state index in [0.717, 1.165) is 18.4 Å². The second-order valence-corrected chi connectivity index (χ2v) is 8.67. The highest BCUT2D eigenvalue weighted by atomic mass is 32.2. The molecule has 3 rings (SSSR count). The molecule has 0 aromatic heterocycles. The first-order valence-corrected chi connectivity index (χ1v) is 10.3. The summed E-state index contributed by atoms with van der Waals surface area (Å²) in [7, 11) is -0.652. The molecule has 1 atom stereocenters. The van der Waals surface area contributed by atoms with E-state index in [1.54, 1.807) is 61.7 Å². The van der Waals surface area contributed by atoms with Gasteiger partial charge in [0.1, 0.15) is 5.75 Å². The molecule has 2 aromatic rings. The summed E-state index contributed by atoms with van der Waals surface area (Å²) >= 11 is 0. The van der Waals surface area contributed by atoms with Crippen molar-refractivity contribution in [2.75, 3.05) is 14.2 Å². The van der Waals surface area contributed by atoms with E-state index in [9.17, 15) is 13.2 Å². The minimum atomic E-state index is -3.74. The minimum Gasteiger partial charge on any atom is -0.497 e. The molecular formula is C20H24N2O4S. The lowest BCUT2D eigenvalue weighted by Crippen LogP contribution is -2.36. The van der Waals surface area contributed by atoms with Crippen LogP contribution in [-0.4, -0.2) is 38.8 Å². The Kier molecular flexibility index (Phi) is 5.82. The third-order valence-corrected chi connectivity index (χ3v) is 6.56. The molecule has 7 heteroatoms. The average molecular weight is 388 g/mol. The van der Waals surface area contributed by atoms with Crippen LogP contribution in [0.25, 0.3) is 0 Å². The predicted octanol–water partition coefficient (Wildman–Crippen LogP) is 2.73. The number of rotatable bonds is 8. The smallest absolute Gasteiger partial charge is 0.243 e. The molecule has 0 radical (unpaired) electrons. The number of nitrogens with one attached hydrogen (secondary N) is 1. The van der Waals surface area contributed by atoms with Gasteiger partial charge in [-0.15, -0.1) is 0 Å². The van der Waals surface area contributed by atoms with Crippen LogP contribution in [0.15, 0.2) is 59.5 Å². The molecule has 1 aliphatic rings. The molecule has 1 aliphatic carbocycles. The molecule has 0 saturated heterocycles. The van der Waals surface area contributed by atoms with Gasteiger partial charge in [-0.25, -0.2) is 8.42 Å². The fraction of sp³-hybridized carbons (Fsp3) is 0.350. The van der Waals surface area contributed by atoms with Crippen molar-refractivity contribution >= 4 is 15.9 Å². The van der Waals surface area contributed by atoms with Crippen LogP contribution in [0.3, 0.4) is 0 Å². The Bertz CT molecular complexity index is 878. The van der Waals surface area contributed by atoms with Gasteiger partial charge in [-0.3, -0.25) is 4.79 Å². The van der Waals surface area contributed by atoms with Crippen LogP contribution in [-0.2, 0) is 14.8 Å². The summed E-state index contributed by atoms with van der Waals surface area (Å²) in [6, 6.07) is 15.0. The number of carbonyl (C=O) groups is 1. The fourth-order valence-electron chi connectivity index (χ4n) is 2.90. The van der Waals surface area contributed by atoms with Crippen molar-refractivity contribution < 1.29 is 17.9 Å². The van der Waals surface area contributed by atoms with Crippen molar-refractivity contribution in [1.29, 1.82) is 0 Å². The standard InChI is InChI=1S/C20H24N2O4S/c1-22(27(24,25)18-6-4-3-5-7-18)19(14-20(23)21-16-10-11-16)15-8-12-17(26-2)13-9-15/h3-9,12-13,16,19H,10-11,14H2,1-2H3,(H,21,23)/t19-/m0/s1. The van der Waals surface area contributed by atoms with Gasteiger partial charge in [0.05, 0.1) is 18.0 Å². The van der Waals surface area contributed by atoms with Gasteiger partial charge in [-0.1, -0.05) is 30.3 Å². The monoisotopic (exact) mass is 388 g/mol. The molecule has 1 fully saturated rings. The summed E-state index contributed by atoms with van der Waals surface area (Å²) in [6.07, 6.45) is 2.03. The molecular weight excluding hydrogens is 364 g/mol. The van der Waals surface area contributed by atoms with Gasteiger partial charge in [0.25, 0.3) is 0 Å². The second kappa shape index (κ2) is 8.10. The molecule has 1 amide bonds. The van der Waals surface area contributed by atoms with Crippen LogP contribution in [0.5, 0.6) is 5.75 Å². The molecule has 0 heterocycles. The maximum absolute atomic E-state index is 13.1. The fourth-order valence-corrected chi connectivity index (χ4v) is 4.26. The Morgan fingerprint density at radius 2 is 1.78 bits per heavy atom. The predicted molar refractivity (Wildman–Crippen MR) is 103 cm³/mol. The van der Waals surface area contributed by atoms with Gasteiger partial charge in [0.2, 0.25) is 15.9 Å². The number of benzene rings is 2. The Morgan fingerprint density at radius 3 is 2.33 bits per heavy atom. The highest BCUT2D eigenvalue weighted by Gasteiger charge is 2.32. The van der Waals surface area contributed by atoms with E-state index in [1.165, 1.54) is 11.4 Å². The third-order valence-electron chi connectivity index (χ3n) is 4.68. The summed E-state index contributed by atoms with van der Waals surface area (Å²) in [5.41, 5.74) is 0.740. The van der Waals surface area contributed by atoms with E-state index in [-0.39, 0.29) is 23.3 Å². The van der Waals surface area contributed by atoms with Crippen LogP contribution in [0.1, 0.15) is 30.9 Å². The molecule has 0 bridgehead atoms. The van der Waals surface area contributed by atoms with Gasteiger partial charge in [-0.05, 0) is 42.7 Å². The van der Waals surface area contributed by atoms with E-state index >= 15 is 0 Å². The number of ether oxygens (including phenoxy) is 1. The Labute approximate surface area is 160 Å². The molecule has 6 nitrogen and oxygen atoms in total. The number of amides is 1. The lowest BCUT2D eigenvalue weighted by molar-refractivity contribution is -0.122. The number of hydrogen-bond acceptors (Lipinski definition) is 4. The van der Waals surface area contributed by atoms with E-state index in [0.29, 0.717) is 5.75 Å². The van der Waals surface area contributed by atoms with Crippen molar-refractivity contribution in [3.8, 4) is 5.75 Å². The quantitative estimate of drug-likeness (QED) is 0.754. The lowest BCUT2D eigenvalue weighted by atomic mass is 10.0. The molecule has 0 spiro atoms. The largest absolute Gasteiger partial charge is 0.497 e. The first-order chi connectivity index (χ1) is 12.9. The van der Waals surface area contributed by atoms with Crippen molar-refractivity contribution in [3.05, 3.63) is 60.2 Å². The lowest BCUT2D eigenvalue weighted by Gasteiger charge is -2.28. The summed E-state index contributed by atoms with van der Waals surface area (Å²) in [4.78, 5) is 12.6. The zero-order valence-corrected chi connectivity index (χ0v) is 16.3. The summed E-state index contributed by atoms with van der Waals surface area (Å²) in [6.45, 7) is 0. The Balaban J connectivity index is 1.90. The van der Waals surface area contributed by atoms with Gasteiger partial charge >= 0.3 is 0 Å². The van der Waals surface area contributed by atoms with Crippen LogP contribution in [0.2, 0.25) is 0 Å². The van der Waals surface area contributed by atoms with Crippen molar-refractivity contribution in [2.24, 2.45) is 0 Å². The molecule has 144 valence electrons. The zero-order valence-electron chi connectivity index (χ0n) is 15.5. The Morgan fingerprint density at radius 1 is 1.15 bits per heavy atom. The van der Waals surface area contributed by atoms with Gasteiger partial charge < -0.3 is 10.1 Å². The first kappa shape index (κ1) is 19.4. The van der Waals surface area contributed by atoms with Crippen molar-refractivity contribution in [3.63, 3.8) is 0 Å². The number of hydrogen-bond donors (Lipinski definition) is 1. The maximum atomic E-state index is 13.1. The number of sulfonamides is 1. The molecule has 27 heavy (non-hydrogen) atoms. The number of methoxy groups -OCH3 is 1. The maximum Gasteiger partial charge on any atom is 0.243 e. The summed E-state index contributed by atoms with van der Waals surface area (Å²) in [5, 5.41) is 2.94. The average Bonchev–Trinajstić information content (AvgIpc) is 3.50. The highest BCUT2D eigenvalue weighted by Crippen LogP contribution is 2.30. The molecule has 0 unspecified atom stereocenters. The van der Waals surface area contributed by atoms with Crippen LogP contribution >= 0.6 is 0 Å². The van der Waals surface area contributed by atoms with Crippen LogP contribution in [0, 0.1) is 0 Å². The molecule has 2 aromatic carbocycles. The van der Waals surface area contributed by atoms with Crippen molar-refractivity contribution in [1.82, 2.24) is 9.62 Å². The van der Waals surface area contributed by atoms with E-state index in [2.05, 4.69) is 5.32 Å².